The van der Waals surface area contributed by atoms with Gasteiger partial charge in [-0.1, -0.05) is 74.9 Å². The Morgan fingerprint density at radius 2 is 1.82 bits per heavy atom. The first kappa shape index (κ1) is 27.8. The quantitative estimate of drug-likeness (QED) is 0.157. The van der Waals surface area contributed by atoms with E-state index in [1.54, 1.807) is 12.1 Å². The van der Waals surface area contributed by atoms with Gasteiger partial charge in [-0.05, 0) is 56.9 Å². The van der Waals surface area contributed by atoms with Crippen molar-refractivity contribution in [1.82, 2.24) is 0 Å². The third kappa shape index (κ3) is 9.38. The number of aliphatic hydroxyl groups excluding tert-OH is 1. The fourth-order valence-electron chi connectivity index (χ4n) is 4.70. The van der Waals surface area contributed by atoms with Crippen LogP contribution in [0.25, 0.3) is 0 Å². The Bertz CT molecular complexity index is 720. The Morgan fingerprint density at radius 1 is 1.15 bits per heavy atom. The normalized spacial score (nSPS) is 19.8. The standard InChI is InChI=1S/C28H46O4Si/c1-6-7-19-33(4,5)27-16-12-25(13-17-27)24-10-14-26(15-11-24)31-18-8-9-23(20-29)21-32-28(30)22(2)3/h12-13,16-17,23-24,26,29H,2,6-11,14-15,18-21H2,1,3-5H3. The van der Waals surface area contributed by atoms with Crippen molar-refractivity contribution in [3.05, 3.63) is 42.0 Å². The number of benzene rings is 1. The first-order chi connectivity index (χ1) is 15.8. The van der Waals surface area contributed by atoms with E-state index in [-0.39, 0.29) is 19.1 Å². The second kappa shape index (κ2) is 14.1. The molecule has 0 aliphatic heterocycles. The van der Waals surface area contributed by atoms with E-state index in [2.05, 4.69) is 50.9 Å². The summed E-state index contributed by atoms with van der Waals surface area (Å²) < 4.78 is 11.3. The highest BCUT2D eigenvalue weighted by atomic mass is 28.3. The van der Waals surface area contributed by atoms with Crippen molar-refractivity contribution in [3.63, 3.8) is 0 Å². The average Bonchev–Trinajstić information content (AvgIpc) is 2.82. The lowest BCUT2D eigenvalue weighted by Crippen LogP contribution is -2.41. The van der Waals surface area contributed by atoms with Gasteiger partial charge in [0.1, 0.15) is 0 Å². The maximum absolute atomic E-state index is 11.5. The summed E-state index contributed by atoms with van der Waals surface area (Å²) in [4.78, 5) is 11.5. The van der Waals surface area contributed by atoms with Crippen molar-refractivity contribution in [3.8, 4) is 0 Å². The molecule has 0 radical (unpaired) electrons. The summed E-state index contributed by atoms with van der Waals surface area (Å²) in [7, 11) is -1.29. The molecule has 1 fully saturated rings. The lowest BCUT2D eigenvalue weighted by molar-refractivity contribution is -0.140. The zero-order chi connectivity index (χ0) is 24.3. The van der Waals surface area contributed by atoms with Gasteiger partial charge in [-0.3, -0.25) is 0 Å². The zero-order valence-corrected chi connectivity index (χ0v) is 22.4. The van der Waals surface area contributed by atoms with E-state index in [1.165, 1.54) is 37.3 Å². The lowest BCUT2D eigenvalue weighted by Gasteiger charge is -2.30. The summed E-state index contributed by atoms with van der Waals surface area (Å²) in [5, 5.41) is 11.1. The van der Waals surface area contributed by atoms with Crippen LogP contribution in [-0.2, 0) is 14.3 Å². The van der Waals surface area contributed by atoms with Gasteiger partial charge in [-0.15, -0.1) is 0 Å². The van der Waals surface area contributed by atoms with Gasteiger partial charge in [-0.2, -0.15) is 0 Å². The Morgan fingerprint density at radius 3 is 2.39 bits per heavy atom. The number of carbonyl (C=O) groups is 1. The van der Waals surface area contributed by atoms with E-state index in [1.807, 2.05) is 0 Å². The van der Waals surface area contributed by atoms with Gasteiger partial charge in [0.05, 0.1) is 20.8 Å². The highest BCUT2D eigenvalue weighted by Crippen LogP contribution is 2.34. The Kier molecular flexibility index (Phi) is 11.9. The minimum Gasteiger partial charge on any atom is -0.462 e. The highest BCUT2D eigenvalue weighted by molar-refractivity contribution is 6.89. The minimum absolute atomic E-state index is 0.0195. The molecule has 0 heterocycles. The van der Waals surface area contributed by atoms with Crippen LogP contribution in [0.15, 0.2) is 36.4 Å². The van der Waals surface area contributed by atoms with Crippen LogP contribution in [0.1, 0.15) is 76.7 Å². The Labute approximate surface area is 202 Å². The van der Waals surface area contributed by atoms with E-state index < -0.39 is 14.0 Å². The molecule has 1 N–H and O–H groups in total. The molecule has 5 heteroatoms. The largest absolute Gasteiger partial charge is 0.462 e. The van der Waals surface area contributed by atoms with Crippen molar-refractivity contribution >= 4 is 19.2 Å². The van der Waals surface area contributed by atoms with Crippen molar-refractivity contribution in [1.29, 1.82) is 0 Å². The molecule has 0 amide bonds. The van der Waals surface area contributed by atoms with Crippen LogP contribution >= 0.6 is 0 Å². The van der Waals surface area contributed by atoms with Crippen LogP contribution in [0.5, 0.6) is 0 Å². The molecule has 0 bridgehead atoms. The fraction of sp³-hybridized carbons (Fsp3) is 0.679. The summed E-state index contributed by atoms with van der Waals surface area (Å²) in [5.41, 5.74) is 1.88. The second-order valence-electron chi connectivity index (χ2n) is 10.5. The molecule has 33 heavy (non-hydrogen) atoms. The van der Waals surface area contributed by atoms with Gasteiger partial charge < -0.3 is 14.6 Å². The van der Waals surface area contributed by atoms with Gasteiger partial charge in [0, 0.05) is 24.7 Å². The van der Waals surface area contributed by atoms with Gasteiger partial charge >= 0.3 is 5.97 Å². The molecule has 1 aliphatic rings. The maximum atomic E-state index is 11.5. The molecule has 1 saturated carbocycles. The highest BCUT2D eigenvalue weighted by Gasteiger charge is 2.25. The van der Waals surface area contributed by atoms with E-state index in [9.17, 15) is 9.90 Å². The monoisotopic (exact) mass is 474 g/mol. The molecule has 186 valence electrons. The van der Waals surface area contributed by atoms with Crippen LogP contribution in [0.3, 0.4) is 0 Å². The molecule has 0 saturated heterocycles. The van der Waals surface area contributed by atoms with Crippen LogP contribution in [0.4, 0.5) is 0 Å². The summed E-state index contributed by atoms with van der Waals surface area (Å²) >= 11 is 0. The molecule has 0 aromatic heterocycles. The molecular formula is C28H46O4Si. The molecular weight excluding hydrogens is 428 g/mol. The number of esters is 1. The van der Waals surface area contributed by atoms with Crippen molar-refractivity contribution in [2.45, 2.75) is 96.4 Å². The molecule has 0 spiro atoms. The zero-order valence-electron chi connectivity index (χ0n) is 21.4. The average molecular weight is 475 g/mol. The van der Waals surface area contributed by atoms with Crippen LogP contribution in [0, 0.1) is 5.92 Å². The number of aliphatic hydroxyl groups is 1. The number of carbonyl (C=O) groups excluding carboxylic acids is 1. The molecule has 4 nitrogen and oxygen atoms in total. The van der Waals surface area contributed by atoms with E-state index in [0.717, 1.165) is 25.7 Å². The molecule has 1 aromatic rings. The molecule has 2 rings (SSSR count). The lowest BCUT2D eigenvalue weighted by atomic mass is 9.83. The first-order valence-corrected chi connectivity index (χ1v) is 16.1. The van der Waals surface area contributed by atoms with Crippen LogP contribution in [0.2, 0.25) is 19.1 Å². The van der Waals surface area contributed by atoms with E-state index in [4.69, 9.17) is 9.47 Å². The van der Waals surface area contributed by atoms with Gasteiger partial charge in [-0.25, -0.2) is 4.79 Å². The number of ether oxygens (including phenoxy) is 2. The fourth-order valence-corrected chi connectivity index (χ4v) is 7.29. The van der Waals surface area contributed by atoms with Crippen molar-refractivity contribution < 1.29 is 19.4 Å². The summed E-state index contributed by atoms with van der Waals surface area (Å²) in [5.74, 6) is 0.227. The number of hydrogen-bond donors (Lipinski definition) is 1. The SMILES string of the molecule is C=C(C)C(=O)OCC(CO)CCCOC1CCC(c2ccc([Si](C)(C)CCCC)cc2)CC1. The van der Waals surface area contributed by atoms with Crippen LogP contribution < -0.4 is 5.19 Å². The summed E-state index contributed by atoms with van der Waals surface area (Å²) in [6, 6.07) is 11.0. The first-order valence-electron chi connectivity index (χ1n) is 12.9. The van der Waals surface area contributed by atoms with Gasteiger partial charge in [0.15, 0.2) is 0 Å². The minimum atomic E-state index is -1.29. The van der Waals surface area contributed by atoms with Crippen molar-refractivity contribution in [2.24, 2.45) is 5.92 Å². The number of rotatable bonds is 14. The number of hydrogen-bond acceptors (Lipinski definition) is 4. The Hall–Kier alpha value is -1.43. The molecule has 1 atom stereocenters. The van der Waals surface area contributed by atoms with E-state index in [0.29, 0.717) is 24.2 Å². The number of unbranched alkanes of at least 4 members (excludes halogenated alkanes) is 1. The van der Waals surface area contributed by atoms with Crippen molar-refractivity contribution in [2.75, 3.05) is 19.8 Å². The summed E-state index contributed by atoms with van der Waals surface area (Å²) in [6.07, 6.45) is 9.24. The van der Waals surface area contributed by atoms with Gasteiger partial charge in [0.25, 0.3) is 0 Å². The Balaban J connectivity index is 1.68. The van der Waals surface area contributed by atoms with E-state index >= 15 is 0 Å². The second-order valence-corrected chi connectivity index (χ2v) is 15.4. The third-order valence-corrected chi connectivity index (χ3v) is 10.7. The molecule has 1 aliphatic carbocycles. The topological polar surface area (TPSA) is 55.8 Å². The molecule has 1 aromatic carbocycles. The summed E-state index contributed by atoms with van der Waals surface area (Å²) in [6.45, 7) is 13.4. The third-order valence-electron chi connectivity index (χ3n) is 7.16. The predicted octanol–water partition coefficient (Wildman–Crippen LogP) is 5.95. The smallest absolute Gasteiger partial charge is 0.333 e. The molecule has 1 unspecified atom stereocenters. The predicted molar refractivity (Wildman–Crippen MR) is 140 cm³/mol. The van der Waals surface area contributed by atoms with Gasteiger partial charge in [0.2, 0.25) is 0 Å². The maximum Gasteiger partial charge on any atom is 0.333 e. The van der Waals surface area contributed by atoms with Crippen LogP contribution in [-0.4, -0.2) is 45.1 Å².